The van der Waals surface area contributed by atoms with Crippen molar-refractivity contribution in [1.29, 1.82) is 0 Å². The number of carbonyl (C=O) groups excluding carboxylic acids is 1. The number of phenolic OH excluding ortho intramolecular Hbond substituents is 1. The van der Waals surface area contributed by atoms with Gasteiger partial charge >= 0.3 is 0 Å². The van der Waals surface area contributed by atoms with E-state index in [1.54, 1.807) is 53.6 Å². The number of fused-ring (bicyclic) bond motifs is 1. The highest BCUT2D eigenvalue weighted by atomic mass is 35.5. The van der Waals surface area contributed by atoms with Crippen LogP contribution < -0.4 is 15.0 Å². The van der Waals surface area contributed by atoms with Crippen LogP contribution in [0.5, 0.6) is 11.5 Å². The van der Waals surface area contributed by atoms with Crippen LogP contribution in [0.15, 0.2) is 60.8 Å². The normalized spacial score (nSPS) is 15.4. The highest BCUT2D eigenvalue weighted by Gasteiger charge is 2.33. The number of aromatic hydroxyl groups is 1. The number of halogens is 1. The van der Waals surface area contributed by atoms with E-state index < -0.39 is 6.04 Å². The molecule has 0 aliphatic carbocycles. The van der Waals surface area contributed by atoms with Crippen molar-refractivity contribution in [1.82, 2.24) is 4.98 Å². The van der Waals surface area contributed by atoms with E-state index in [2.05, 4.69) is 10.3 Å². The maximum Gasteiger partial charge on any atom is 0.259 e. The summed E-state index contributed by atoms with van der Waals surface area (Å²) in [7, 11) is 0. The number of aliphatic hydroxyl groups excluding tert-OH is 1. The van der Waals surface area contributed by atoms with Crippen molar-refractivity contribution in [2.75, 3.05) is 23.4 Å². The zero-order chi connectivity index (χ0) is 20.4. The third-order valence-electron chi connectivity index (χ3n) is 4.59. The Morgan fingerprint density at radius 1 is 1.21 bits per heavy atom. The molecular formula is C21H18ClN3O4. The Hall–Kier alpha value is -3.29. The number of nitrogens with one attached hydrogen (secondary N) is 1. The zero-order valence-corrected chi connectivity index (χ0v) is 16.0. The number of amides is 1. The quantitative estimate of drug-likeness (QED) is 0.568. The number of anilines is 3. The largest absolute Gasteiger partial charge is 0.508 e. The molecule has 0 unspecified atom stereocenters. The van der Waals surface area contributed by atoms with E-state index in [4.69, 9.17) is 16.3 Å². The van der Waals surface area contributed by atoms with Crippen molar-refractivity contribution < 1.29 is 19.7 Å². The number of aliphatic hydroxyl groups is 1. The van der Waals surface area contributed by atoms with Crippen LogP contribution in [-0.4, -0.2) is 40.4 Å². The first-order valence-corrected chi connectivity index (χ1v) is 9.33. The van der Waals surface area contributed by atoms with Crippen LogP contribution in [0.3, 0.4) is 0 Å². The molecule has 1 aliphatic heterocycles. The highest BCUT2D eigenvalue weighted by Crippen LogP contribution is 2.42. The minimum atomic E-state index is -0.398. The van der Waals surface area contributed by atoms with Crippen LogP contribution in [-0.2, 0) is 0 Å². The van der Waals surface area contributed by atoms with Gasteiger partial charge in [0.1, 0.15) is 12.4 Å². The monoisotopic (exact) mass is 411 g/mol. The summed E-state index contributed by atoms with van der Waals surface area (Å²) < 4.78 is 5.85. The molecule has 0 radical (unpaired) electrons. The third kappa shape index (κ3) is 3.70. The molecule has 0 saturated heterocycles. The third-order valence-corrected chi connectivity index (χ3v) is 4.88. The van der Waals surface area contributed by atoms with E-state index in [9.17, 15) is 15.0 Å². The maximum absolute atomic E-state index is 12.9. The number of hydrogen-bond acceptors (Lipinski definition) is 6. The molecule has 1 aromatic heterocycles. The molecule has 2 heterocycles. The van der Waals surface area contributed by atoms with E-state index in [0.717, 1.165) is 0 Å². The van der Waals surface area contributed by atoms with Gasteiger partial charge in [-0.05, 0) is 48.5 Å². The predicted octanol–water partition coefficient (Wildman–Crippen LogP) is 3.58. The van der Waals surface area contributed by atoms with Crippen LogP contribution in [0.1, 0.15) is 10.4 Å². The molecule has 0 bridgehead atoms. The molecule has 29 heavy (non-hydrogen) atoms. The number of rotatable bonds is 4. The second kappa shape index (κ2) is 7.98. The molecule has 3 N–H and O–H groups in total. The number of benzene rings is 2. The Balaban J connectivity index is 1.73. The van der Waals surface area contributed by atoms with Crippen molar-refractivity contribution in [2.45, 2.75) is 6.04 Å². The van der Waals surface area contributed by atoms with E-state index in [1.807, 2.05) is 0 Å². The standard InChI is InChI=1S/C21H18ClN3O4/c22-17-4-2-10-23-20(17)25-14(11-26)12-29-19-16(3-1-5-18(19)25)21(28)24-13-6-8-15(27)9-7-13/h1-10,14,26-27H,11-12H2,(H,24,28)/t14-/m0/s1. The van der Waals surface area contributed by atoms with E-state index in [-0.39, 0.29) is 24.9 Å². The van der Waals surface area contributed by atoms with Crippen LogP contribution in [0.25, 0.3) is 0 Å². The summed E-state index contributed by atoms with van der Waals surface area (Å²) in [5, 5.41) is 22.5. The summed E-state index contributed by atoms with van der Waals surface area (Å²) in [6, 6.07) is 14.4. The summed E-state index contributed by atoms with van der Waals surface area (Å²) in [5.74, 6) is 0.618. The zero-order valence-electron chi connectivity index (χ0n) is 15.2. The summed E-state index contributed by atoms with van der Waals surface area (Å²) >= 11 is 6.34. The predicted molar refractivity (Wildman–Crippen MR) is 110 cm³/mol. The number of ether oxygens (including phenoxy) is 1. The molecule has 7 nitrogen and oxygen atoms in total. The van der Waals surface area contributed by atoms with Crippen molar-refractivity contribution in [3.63, 3.8) is 0 Å². The average Bonchev–Trinajstić information content (AvgIpc) is 2.74. The number of pyridine rings is 1. The van der Waals surface area contributed by atoms with Gasteiger partial charge in [0.15, 0.2) is 11.6 Å². The van der Waals surface area contributed by atoms with Gasteiger partial charge in [0.05, 0.1) is 28.9 Å². The summed E-state index contributed by atoms with van der Waals surface area (Å²) in [4.78, 5) is 19.0. The molecule has 2 aromatic carbocycles. The Bertz CT molecular complexity index is 1040. The summed E-state index contributed by atoms with van der Waals surface area (Å²) in [6.07, 6.45) is 1.62. The topological polar surface area (TPSA) is 94.9 Å². The Morgan fingerprint density at radius 3 is 2.72 bits per heavy atom. The van der Waals surface area contributed by atoms with Crippen molar-refractivity contribution in [3.8, 4) is 11.5 Å². The van der Waals surface area contributed by atoms with Crippen molar-refractivity contribution in [3.05, 3.63) is 71.4 Å². The van der Waals surface area contributed by atoms with Crippen LogP contribution >= 0.6 is 11.6 Å². The Kier molecular flexibility index (Phi) is 5.24. The lowest BCUT2D eigenvalue weighted by Crippen LogP contribution is -2.43. The second-order valence-corrected chi connectivity index (χ2v) is 6.89. The minimum absolute atomic E-state index is 0.112. The first-order valence-electron chi connectivity index (χ1n) is 8.95. The second-order valence-electron chi connectivity index (χ2n) is 6.48. The first kappa shape index (κ1) is 19.0. The van der Waals surface area contributed by atoms with Gasteiger partial charge in [0.25, 0.3) is 5.91 Å². The van der Waals surface area contributed by atoms with Gasteiger partial charge in [0, 0.05) is 11.9 Å². The average molecular weight is 412 g/mol. The molecule has 0 saturated carbocycles. The minimum Gasteiger partial charge on any atom is -0.508 e. The molecule has 1 amide bonds. The molecule has 1 atom stereocenters. The van der Waals surface area contributed by atoms with Gasteiger partial charge in [-0.3, -0.25) is 4.79 Å². The van der Waals surface area contributed by atoms with E-state index in [1.165, 1.54) is 12.1 Å². The van der Waals surface area contributed by atoms with Crippen molar-refractivity contribution >= 4 is 34.7 Å². The lowest BCUT2D eigenvalue weighted by atomic mass is 10.1. The lowest BCUT2D eigenvalue weighted by molar-refractivity contribution is 0.102. The summed E-state index contributed by atoms with van der Waals surface area (Å²) in [6.45, 7) is -0.00379. The molecule has 148 valence electrons. The van der Waals surface area contributed by atoms with Gasteiger partial charge in [-0.1, -0.05) is 17.7 Å². The Labute approximate surface area is 172 Å². The molecule has 1 aliphatic rings. The number of para-hydroxylation sites is 1. The summed E-state index contributed by atoms with van der Waals surface area (Å²) in [5.41, 5.74) is 1.47. The van der Waals surface area contributed by atoms with E-state index in [0.29, 0.717) is 33.5 Å². The van der Waals surface area contributed by atoms with Gasteiger partial charge in [-0.25, -0.2) is 4.98 Å². The van der Waals surface area contributed by atoms with Gasteiger partial charge in [-0.2, -0.15) is 0 Å². The van der Waals surface area contributed by atoms with Crippen LogP contribution in [0, 0.1) is 0 Å². The molecule has 8 heteroatoms. The molecule has 3 aromatic rings. The molecular weight excluding hydrogens is 394 g/mol. The SMILES string of the molecule is O=C(Nc1ccc(O)cc1)c1cccc2c1OC[C@H](CO)N2c1ncccc1Cl. The molecule has 4 rings (SSSR count). The number of carbonyl (C=O) groups is 1. The number of nitrogens with zero attached hydrogens (tertiary/aromatic N) is 2. The van der Waals surface area contributed by atoms with Crippen LogP contribution in [0.2, 0.25) is 5.02 Å². The smallest absolute Gasteiger partial charge is 0.259 e. The molecule has 0 spiro atoms. The number of hydrogen-bond donors (Lipinski definition) is 3. The number of phenols is 1. The first-order chi connectivity index (χ1) is 14.1. The lowest BCUT2D eigenvalue weighted by Gasteiger charge is -2.37. The fourth-order valence-corrected chi connectivity index (χ4v) is 3.43. The highest BCUT2D eigenvalue weighted by molar-refractivity contribution is 6.33. The number of aromatic nitrogens is 1. The maximum atomic E-state index is 12.9. The van der Waals surface area contributed by atoms with Crippen LogP contribution in [0.4, 0.5) is 17.2 Å². The van der Waals surface area contributed by atoms with Gasteiger partial charge in [-0.15, -0.1) is 0 Å². The van der Waals surface area contributed by atoms with Gasteiger partial charge < -0.3 is 25.2 Å². The fourth-order valence-electron chi connectivity index (χ4n) is 3.21. The van der Waals surface area contributed by atoms with E-state index >= 15 is 0 Å². The molecule has 0 fully saturated rings. The fraction of sp³-hybridized carbons (Fsp3) is 0.143. The van der Waals surface area contributed by atoms with Crippen molar-refractivity contribution in [2.24, 2.45) is 0 Å². The Morgan fingerprint density at radius 2 is 2.00 bits per heavy atom. The van der Waals surface area contributed by atoms with Gasteiger partial charge in [0.2, 0.25) is 0 Å².